The van der Waals surface area contributed by atoms with E-state index in [0.717, 1.165) is 28.6 Å². The molecule has 102 valence electrons. The predicted octanol–water partition coefficient (Wildman–Crippen LogP) is 3.44. The second-order valence-corrected chi connectivity index (χ2v) is 5.88. The zero-order valence-electron chi connectivity index (χ0n) is 10.4. The lowest BCUT2D eigenvalue weighted by Gasteiger charge is -2.00. The van der Waals surface area contributed by atoms with Crippen LogP contribution in [0.4, 0.5) is 0 Å². The number of hydrogen-bond donors (Lipinski definition) is 1. The highest BCUT2D eigenvalue weighted by atomic mass is 79.9. The van der Waals surface area contributed by atoms with Gasteiger partial charge in [-0.05, 0) is 40.9 Å². The lowest BCUT2D eigenvalue weighted by Crippen LogP contribution is -1.90. The third kappa shape index (κ3) is 4.63. The third-order valence-electron chi connectivity index (χ3n) is 2.50. The normalized spacial score (nSPS) is 10.8. The van der Waals surface area contributed by atoms with Crippen molar-refractivity contribution in [1.29, 1.82) is 0 Å². The maximum atomic E-state index is 8.71. The van der Waals surface area contributed by atoms with Gasteiger partial charge in [0, 0.05) is 22.4 Å². The van der Waals surface area contributed by atoms with Crippen LogP contribution < -0.4 is 0 Å². The zero-order chi connectivity index (χ0) is 13.5. The fraction of sp³-hybridized carbons (Fsp3) is 0.385. The van der Waals surface area contributed by atoms with E-state index in [2.05, 4.69) is 32.1 Å². The van der Waals surface area contributed by atoms with E-state index in [9.17, 15) is 0 Å². The highest BCUT2D eigenvalue weighted by Gasteiger charge is 2.07. The molecule has 0 spiro atoms. The number of aliphatic hydroxyl groups excluding tert-OH is 1. The molecule has 0 saturated carbocycles. The van der Waals surface area contributed by atoms with Gasteiger partial charge in [-0.15, -0.1) is 11.8 Å². The van der Waals surface area contributed by atoms with Gasteiger partial charge in [0.1, 0.15) is 0 Å². The second-order valence-electron chi connectivity index (χ2n) is 4.00. The molecule has 1 aromatic carbocycles. The van der Waals surface area contributed by atoms with Crippen LogP contribution in [-0.4, -0.2) is 21.9 Å². The topological polar surface area (TPSA) is 59.2 Å². The Morgan fingerprint density at radius 1 is 1.26 bits per heavy atom. The summed E-state index contributed by atoms with van der Waals surface area (Å²) in [7, 11) is 0. The van der Waals surface area contributed by atoms with Crippen molar-refractivity contribution in [3.8, 4) is 0 Å². The van der Waals surface area contributed by atoms with Gasteiger partial charge < -0.3 is 9.63 Å². The number of benzene rings is 1. The monoisotopic (exact) mass is 342 g/mol. The van der Waals surface area contributed by atoms with E-state index >= 15 is 0 Å². The molecule has 6 heteroatoms. The van der Waals surface area contributed by atoms with Crippen molar-refractivity contribution in [1.82, 2.24) is 10.1 Å². The molecule has 0 unspecified atom stereocenters. The summed E-state index contributed by atoms with van der Waals surface area (Å²) in [5.41, 5.74) is 0. The summed E-state index contributed by atoms with van der Waals surface area (Å²) in [5.74, 6) is 2.04. The van der Waals surface area contributed by atoms with Crippen molar-refractivity contribution >= 4 is 27.7 Å². The average Bonchev–Trinajstić information content (AvgIpc) is 2.86. The van der Waals surface area contributed by atoms with Crippen LogP contribution in [0, 0.1) is 0 Å². The standard InChI is InChI=1S/C13H15BrN2O2S/c14-10-5-1-2-6-11(10)19-9-12-15-13(18-16-12)7-3-4-8-17/h1-2,5-6,17H,3-4,7-9H2. The number of aliphatic hydroxyl groups is 1. The van der Waals surface area contributed by atoms with Gasteiger partial charge in [0.2, 0.25) is 5.89 Å². The van der Waals surface area contributed by atoms with Crippen LogP contribution in [0.5, 0.6) is 0 Å². The number of thioether (sulfide) groups is 1. The van der Waals surface area contributed by atoms with Crippen LogP contribution >= 0.6 is 27.7 Å². The van der Waals surface area contributed by atoms with Crippen molar-refractivity contribution in [3.05, 3.63) is 40.5 Å². The Labute approximate surface area is 124 Å². The van der Waals surface area contributed by atoms with E-state index in [1.54, 1.807) is 11.8 Å². The summed E-state index contributed by atoms with van der Waals surface area (Å²) in [5, 5.41) is 12.7. The largest absolute Gasteiger partial charge is 0.396 e. The van der Waals surface area contributed by atoms with Crippen molar-refractivity contribution in [2.75, 3.05) is 6.61 Å². The fourth-order valence-electron chi connectivity index (χ4n) is 1.54. The van der Waals surface area contributed by atoms with Crippen LogP contribution in [0.15, 0.2) is 38.2 Å². The SMILES string of the molecule is OCCCCc1nc(CSc2ccccc2Br)no1. The molecule has 0 aliphatic rings. The predicted molar refractivity (Wildman–Crippen MR) is 78.0 cm³/mol. The molecule has 1 heterocycles. The molecule has 4 nitrogen and oxygen atoms in total. The molecule has 0 atom stereocenters. The molecule has 0 radical (unpaired) electrons. The first-order chi connectivity index (χ1) is 9.29. The van der Waals surface area contributed by atoms with Crippen LogP contribution in [0.1, 0.15) is 24.6 Å². The van der Waals surface area contributed by atoms with Crippen molar-refractivity contribution in [2.24, 2.45) is 0 Å². The van der Waals surface area contributed by atoms with E-state index in [1.165, 1.54) is 0 Å². The minimum atomic E-state index is 0.207. The average molecular weight is 343 g/mol. The number of aromatic nitrogens is 2. The smallest absolute Gasteiger partial charge is 0.226 e. The molecule has 1 aromatic heterocycles. The summed E-state index contributed by atoms with van der Waals surface area (Å²) in [6, 6.07) is 8.06. The van der Waals surface area contributed by atoms with Crippen LogP contribution in [0.2, 0.25) is 0 Å². The summed E-state index contributed by atoms with van der Waals surface area (Å²) in [6.45, 7) is 0.207. The lowest BCUT2D eigenvalue weighted by atomic mass is 10.2. The molecule has 0 amide bonds. The minimum absolute atomic E-state index is 0.207. The quantitative estimate of drug-likeness (QED) is 0.616. The Hall–Kier alpha value is -0.850. The molecule has 0 aliphatic heterocycles. The van der Waals surface area contributed by atoms with Gasteiger partial charge >= 0.3 is 0 Å². The minimum Gasteiger partial charge on any atom is -0.396 e. The van der Waals surface area contributed by atoms with Crippen LogP contribution in [-0.2, 0) is 12.2 Å². The van der Waals surface area contributed by atoms with E-state index in [1.807, 2.05) is 18.2 Å². The second kappa shape index (κ2) is 7.67. The van der Waals surface area contributed by atoms with Gasteiger partial charge in [-0.25, -0.2) is 0 Å². The first kappa shape index (κ1) is 14.6. The van der Waals surface area contributed by atoms with E-state index in [-0.39, 0.29) is 6.61 Å². The van der Waals surface area contributed by atoms with Crippen molar-refractivity contribution < 1.29 is 9.63 Å². The van der Waals surface area contributed by atoms with Gasteiger partial charge in [-0.3, -0.25) is 0 Å². The molecule has 0 saturated heterocycles. The molecule has 1 N–H and O–H groups in total. The molecular weight excluding hydrogens is 328 g/mol. The highest BCUT2D eigenvalue weighted by molar-refractivity contribution is 9.10. The van der Waals surface area contributed by atoms with Gasteiger partial charge in [0.05, 0.1) is 5.75 Å². The van der Waals surface area contributed by atoms with Gasteiger partial charge in [-0.1, -0.05) is 17.3 Å². The Kier molecular flexibility index (Phi) is 5.88. The van der Waals surface area contributed by atoms with E-state index in [0.29, 0.717) is 17.5 Å². The summed E-state index contributed by atoms with van der Waals surface area (Å²) < 4.78 is 6.24. The number of rotatable bonds is 7. The molecule has 0 aliphatic carbocycles. The summed E-state index contributed by atoms with van der Waals surface area (Å²) in [4.78, 5) is 5.49. The van der Waals surface area contributed by atoms with Crippen molar-refractivity contribution in [3.63, 3.8) is 0 Å². The first-order valence-corrected chi connectivity index (χ1v) is 7.87. The Morgan fingerprint density at radius 2 is 2.11 bits per heavy atom. The van der Waals surface area contributed by atoms with Gasteiger partial charge in [0.25, 0.3) is 0 Å². The molecule has 19 heavy (non-hydrogen) atoms. The first-order valence-electron chi connectivity index (χ1n) is 6.09. The molecule has 0 fully saturated rings. The highest BCUT2D eigenvalue weighted by Crippen LogP contribution is 2.28. The van der Waals surface area contributed by atoms with Gasteiger partial charge in [0.15, 0.2) is 5.82 Å². The fourth-order valence-corrected chi connectivity index (χ4v) is 2.95. The maximum absolute atomic E-state index is 8.71. The number of aryl methyl sites for hydroxylation is 1. The van der Waals surface area contributed by atoms with E-state index in [4.69, 9.17) is 9.63 Å². The van der Waals surface area contributed by atoms with Crippen LogP contribution in [0.25, 0.3) is 0 Å². The van der Waals surface area contributed by atoms with E-state index < -0.39 is 0 Å². The van der Waals surface area contributed by atoms with Gasteiger partial charge in [-0.2, -0.15) is 4.98 Å². The molecular formula is C13H15BrN2O2S. The molecule has 0 bridgehead atoms. The maximum Gasteiger partial charge on any atom is 0.226 e. The molecule has 2 aromatic rings. The number of nitrogens with zero attached hydrogens (tertiary/aromatic N) is 2. The third-order valence-corrected chi connectivity index (χ3v) is 4.53. The molecule has 2 rings (SSSR count). The lowest BCUT2D eigenvalue weighted by molar-refractivity contribution is 0.280. The number of unbranched alkanes of at least 4 members (excludes halogenated alkanes) is 1. The van der Waals surface area contributed by atoms with Crippen LogP contribution in [0.3, 0.4) is 0 Å². The Bertz CT molecular complexity index is 519. The Morgan fingerprint density at radius 3 is 2.89 bits per heavy atom. The Balaban J connectivity index is 1.85. The number of halogens is 1. The van der Waals surface area contributed by atoms with Crippen molar-refractivity contribution in [2.45, 2.75) is 29.9 Å². The summed E-state index contributed by atoms with van der Waals surface area (Å²) in [6.07, 6.45) is 2.37. The summed E-state index contributed by atoms with van der Waals surface area (Å²) >= 11 is 5.18. The number of hydrogen-bond acceptors (Lipinski definition) is 5. The zero-order valence-corrected chi connectivity index (χ0v) is 12.8.